The summed E-state index contributed by atoms with van der Waals surface area (Å²) in [6.07, 6.45) is 2.78. The molecule has 1 aromatic rings. The first-order valence-corrected chi connectivity index (χ1v) is 3.80. The zero-order chi connectivity index (χ0) is 10.0. The summed E-state index contributed by atoms with van der Waals surface area (Å²) in [5.74, 6) is -1.03. The van der Waals surface area contributed by atoms with Gasteiger partial charge in [-0.3, -0.25) is 14.3 Å². The number of carboxylic acids is 1. The fourth-order valence-electron chi connectivity index (χ4n) is 0.951. The maximum absolute atomic E-state index is 11.4. The summed E-state index contributed by atoms with van der Waals surface area (Å²) in [6.45, 7) is 3.00. The molecular formula is C8H10N2O3. The highest BCUT2D eigenvalue weighted by Crippen LogP contribution is 2.00. The normalized spacial score (nSPS) is 12.5. The number of hydrogen-bond acceptors (Lipinski definition) is 3. The lowest BCUT2D eigenvalue weighted by atomic mass is 10.3. The van der Waals surface area contributed by atoms with E-state index in [-0.39, 0.29) is 5.56 Å². The van der Waals surface area contributed by atoms with Crippen LogP contribution in [0.15, 0.2) is 17.2 Å². The molecule has 0 radical (unpaired) electrons. The first kappa shape index (κ1) is 9.44. The van der Waals surface area contributed by atoms with Crippen LogP contribution < -0.4 is 5.56 Å². The summed E-state index contributed by atoms with van der Waals surface area (Å²) in [5, 5.41) is 8.67. The summed E-state index contributed by atoms with van der Waals surface area (Å²) >= 11 is 0. The van der Waals surface area contributed by atoms with Gasteiger partial charge in [0.1, 0.15) is 11.7 Å². The number of rotatable bonds is 2. The van der Waals surface area contributed by atoms with Crippen molar-refractivity contribution in [3.8, 4) is 0 Å². The van der Waals surface area contributed by atoms with Gasteiger partial charge in [0.15, 0.2) is 0 Å². The lowest BCUT2D eigenvalue weighted by Crippen LogP contribution is -2.29. The second-order valence-electron chi connectivity index (χ2n) is 2.74. The summed E-state index contributed by atoms with van der Waals surface area (Å²) in [7, 11) is 0. The van der Waals surface area contributed by atoms with Crippen molar-refractivity contribution >= 4 is 5.97 Å². The molecule has 0 fully saturated rings. The monoisotopic (exact) mass is 182 g/mol. The van der Waals surface area contributed by atoms with E-state index in [9.17, 15) is 9.59 Å². The molecule has 5 heteroatoms. The molecule has 0 bridgehead atoms. The van der Waals surface area contributed by atoms with E-state index >= 15 is 0 Å². The van der Waals surface area contributed by atoms with Crippen molar-refractivity contribution < 1.29 is 9.90 Å². The Hall–Kier alpha value is -1.65. The van der Waals surface area contributed by atoms with Crippen LogP contribution >= 0.6 is 0 Å². The summed E-state index contributed by atoms with van der Waals surface area (Å²) in [6, 6.07) is -0.853. The third-order valence-electron chi connectivity index (χ3n) is 1.81. The number of carboxylic acid groups (broad SMARTS) is 1. The van der Waals surface area contributed by atoms with Crippen molar-refractivity contribution in [1.82, 2.24) is 9.55 Å². The van der Waals surface area contributed by atoms with Gasteiger partial charge in [0, 0.05) is 12.4 Å². The molecule has 1 unspecified atom stereocenters. The van der Waals surface area contributed by atoms with Crippen LogP contribution in [0, 0.1) is 6.92 Å². The highest BCUT2D eigenvalue weighted by atomic mass is 16.4. The van der Waals surface area contributed by atoms with Crippen LogP contribution in [0.2, 0.25) is 0 Å². The average Bonchev–Trinajstić information content (AvgIpc) is 2.08. The molecule has 5 nitrogen and oxygen atoms in total. The number of nitrogens with zero attached hydrogens (tertiary/aromatic N) is 2. The number of carbonyl (C=O) groups is 1. The lowest BCUT2D eigenvalue weighted by Gasteiger charge is -2.09. The molecule has 0 amide bonds. The van der Waals surface area contributed by atoms with E-state index in [0.29, 0.717) is 5.69 Å². The van der Waals surface area contributed by atoms with Crippen molar-refractivity contribution in [3.05, 3.63) is 28.4 Å². The molecule has 1 N–H and O–H groups in total. The molecule has 0 aliphatic carbocycles. The van der Waals surface area contributed by atoms with Crippen LogP contribution in [0.25, 0.3) is 0 Å². The molecule has 1 rings (SSSR count). The molecule has 1 atom stereocenters. The third-order valence-corrected chi connectivity index (χ3v) is 1.81. The zero-order valence-corrected chi connectivity index (χ0v) is 7.39. The number of aliphatic carboxylic acids is 1. The highest BCUT2D eigenvalue weighted by Gasteiger charge is 2.14. The Balaban J connectivity index is 3.23. The van der Waals surface area contributed by atoms with Crippen LogP contribution in [0.1, 0.15) is 18.7 Å². The topological polar surface area (TPSA) is 72.2 Å². The first-order valence-electron chi connectivity index (χ1n) is 3.80. The van der Waals surface area contributed by atoms with Crippen LogP contribution in [0.5, 0.6) is 0 Å². The van der Waals surface area contributed by atoms with Gasteiger partial charge in [-0.15, -0.1) is 0 Å². The standard InChI is InChI=1S/C8H10N2O3/c1-5-7(11)10(4-3-9-5)6(2)8(12)13/h3-4,6H,1-2H3,(H,12,13). The molecule has 0 aliphatic heterocycles. The van der Waals surface area contributed by atoms with Crippen molar-refractivity contribution in [2.75, 3.05) is 0 Å². The zero-order valence-electron chi connectivity index (χ0n) is 7.39. The Kier molecular flexibility index (Phi) is 2.46. The molecule has 0 aliphatic rings. The minimum absolute atomic E-state index is 0.301. The van der Waals surface area contributed by atoms with Crippen molar-refractivity contribution in [2.45, 2.75) is 19.9 Å². The van der Waals surface area contributed by atoms with Crippen LogP contribution in [0.4, 0.5) is 0 Å². The molecule has 0 aromatic carbocycles. The number of hydrogen-bond donors (Lipinski definition) is 1. The predicted molar refractivity (Wildman–Crippen MR) is 45.6 cm³/mol. The van der Waals surface area contributed by atoms with Crippen molar-refractivity contribution in [3.63, 3.8) is 0 Å². The summed E-state index contributed by atoms with van der Waals surface area (Å²) in [4.78, 5) is 25.7. The van der Waals surface area contributed by atoms with Crippen LogP contribution in [-0.4, -0.2) is 20.6 Å². The summed E-state index contributed by atoms with van der Waals surface area (Å²) in [5.41, 5.74) is -0.0620. The molecule has 13 heavy (non-hydrogen) atoms. The van der Waals surface area contributed by atoms with Gasteiger partial charge in [0.05, 0.1) is 0 Å². The van der Waals surface area contributed by atoms with E-state index < -0.39 is 12.0 Å². The first-order chi connectivity index (χ1) is 6.04. The quantitative estimate of drug-likeness (QED) is 0.709. The Morgan fingerprint density at radius 3 is 2.85 bits per heavy atom. The van der Waals surface area contributed by atoms with Crippen LogP contribution in [-0.2, 0) is 4.79 Å². The highest BCUT2D eigenvalue weighted by molar-refractivity contribution is 5.71. The summed E-state index contributed by atoms with van der Waals surface area (Å²) < 4.78 is 1.14. The van der Waals surface area contributed by atoms with E-state index in [2.05, 4.69) is 4.98 Å². The number of aryl methyl sites for hydroxylation is 1. The molecule has 0 saturated carbocycles. The minimum atomic E-state index is -1.03. The third kappa shape index (κ3) is 1.74. The van der Waals surface area contributed by atoms with Crippen LogP contribution in [0.3, 0.4) is 0 Å². The average molecular weight is 182 g/mol. The predicted octanol–water partition coefficient (Wildman–Crippen LogP) is 0.197. The van der Waals surface area contributed by atoms with Gasteiger partial charge in [-0.25, -0.2) is 4.79 Å². The Morgan fingerprint density at radius 1 is 1.69 bits per heavy atom. The fraction of sp³-hybridized carbons (Fsp3) is 0.375. The second kappa shape index (κ2) is 3.38. The maximum atomic E-state index is 11.4. The molecule has 1 aromatic heterocycles. The van der Waals surface area contributed by atoms with E-state index in [1.807, 2.05) is 0 Å². The van der Waals surface area contributed by atoms with Crippen molar-refractivity contribution in [2.24, 2.45) is 0 Å². The van der Waals surface area contributed by atoms with E-state index in [0.717, 1.165) is 4.57 Å². The van der Waals surface area contributed by atoms with Gasteiger partial charge in [-0.05, 0) is 13.8 Å². The van der Waals surface area contributed by atoms with Gasteiger partial charge in [0.2, 0.25) is 0 Å². The second-order valence-corrected chi connectivity index (χ2v) is 2.74. The van der Waals surface area contributed by atoms with Gasteiger partial charge in [-0.2, -0.15) is 0 Å². The molecule has 1 heterocycles. The fourth-order valence-corrected chi connectivity index (χ4v) is 0.951. The van der Waals surface area contributed by atoms with Gasteiger partial charge >= 0.3 is 5.97 Å². The lowest BCUT2D eigenvalue weighted by molar-refractivity contribution is -0.140. The van der Waals surface area contributed by atoms with E-state index in [1.54, 1.807) is 6.92 Å². The number of aromatic nitrogens is 2. The maximum Gasteiger partial charge on any atom is 0.326 e. The Morgan fingerprint density at radius 2 is 2.31 bits per heavy atom. The molecule has 0 spiro atoms. The van der Waals surface area contributed by atoms with E-state index in [4.69, 9.17) is 5.11 Å². The molecular weight excluding hydrogens is 172 g/mol. The SMILES string of the molecule is Cc1nccn(C(C)C(=O)O)c1=O. The van der Waals surface area contributed by atoms with Gasteiger partial charge < -0.3 is 5.11 Å². The van der Waals surface area contributed by atoms with Gasteiger partial charge in [-0.1, -0.05) is 0 Å². The van der Waals surface area contributed by atoms with Crippen molar-refractivity contribution in [1.29, 1.82) is 0 Å². The van der Waals surface area contributed by atoms with Gasteiger partial charge in [0.25, 0.3) is 5.56 Å². The largest absolute Gasteiger partial charge is 0.480 e. The Labute approximate surface area is 74.7 Å². The Bertz CT molecular complexity index is 383. The minimum Gasteiger partial charge on any atom is -0.480 e. The molecule has 0 saturated heterocycles. The smallest absolute Gasteiger partial charge is 0.326 e. The van der Waals surface area contributed by atoms with E-state index in [1.165, 1.54) is 19.3 Å². The molecule has 70 valence electrons.